The summed E-state index contributed by atoms with van der Waals surface area (Å²) >= 11 is 0. The van der Waals surface area contributed by atoms with Crippen molar-refractivity contribution in [3.63, 3.8) is 0 Å². The fourth-order valence-electron chi connectivity index (χ4n) is 2.58. The van der Waals surface area contributed by atoms with E-state index in [9.17, 15) is 43.2 Å². The maximum absolute atomic E-state index is 14.3. The second-order valence-corrected chi connectivity index (χ2v) is 8.12. The summed E-state index contributed by atoms with van der Waals surface area (Å²) in [5.74, 6) is -4.61. The maximum Gasteiger partial charge on any atom is 0.394 e. The Labute approximate surface area is 114 Å². The molecule has 0 aromatic heterocycles. The van der Waals surface area contributed by atoms with Crippen LogP contribution >= 0.6 is 0 Å². The first-order chi connectivity index (χ1) is 8.91. The van der Waals surface area contributed by atoms with Crippen molar-refractivity contribution in [3.05, 3.63) is 0 Å². The third-order valence-electron chi connectivity index (χ3n) is 3.48. The highest BCUT2D eigenvalue weighted by Gasteiger charge is 3.01. The molecule has 0 radical (unpaired) electrons. The summed E-state index contributed by atoms with van der Waals surface area (Å²) in [6, 6.07) is 0. The lowest BCUT2D eigenvalue weighted by molar-refractivity contribution is -0.352. The van der Waals surface area contributed by atoms with Gasteiger partial charge in [0.05, 0.1) is 0 Å². The highest BCUT2D eigenvalue weighted by molar-refractivity contribution is 7.89. The van der Waals surface area contributed by atoms with Crippen LogP contribution in [0.25, 0.3) is 0 Å². The van der Waals surface area contributed by atoms with Gasteiger partial charge in [0.25, 0.3) is 10.4 Å². The van der Waals surface area contributed by atoms with Gasteiger partial charge < -0.3 is 0 Å². The minimum Gasteiger partial charge on any atom is -0.224 e. The molecule has 0 bridgehead atoms. The Morgan fingerprint density at radius 1 is 0.762 bits per heavy atom. The van der Waals surface area contributed by atoms with E-state index in [4.69, 9.17) is 0 Å². The Morgan fingerprint density at radius 2 is 1.19 bits per heavy atom. The quantitative estimate of drug-likeness (QED) is 0.475. The molecule has 3 unspecified atom stereocenters. The van der Waals surface area contributed by atoms with Crippen LogP contribution in [0.15, 0.2) is 0 Å². The van der Waals surface area contributed by atoms with Crippen molar-refractivity contribution in [2.24, 2.45) is 5.41 Å². The Hall–Kier alpha value is -0.600. The van der Waals surface area contributed by atoms with Gasteiger partial charge in [-0.25, -0.2) is 13.0 Å². The number of halogens is 6. The number of alkyl halides is 6. The van der Waals surface area contributed by atoms with E-state index in [0.717, 1.165) is 0 Å². The van der Waals surface area contributed by atoms with Gasteiger partial charge in [-0.05, 0) is 13.8 Å². The molecule has 0 N–H and O–H groups in total. The van der Waals surface area contributed by atoms with Crippen molar-refractivity contribution < 1.29 is 51.5 Å². The Bertz CT molecular complexity index is 646. The van der Waals surface area contributed by atoms with Gasteiger partial charge in [0.2, 0.25) is 5.85 Å². The van der Waals surface area contributed by atoms with Gasteiger partial charge in [-0.1, -0.05) is 0 Å². The minimum atomic E-state index is -6.39. The zero-order chi connectivity index (χ0) is 16.9. The number of rotatable bonds is 0. The third kappa shape index (κ3) is 1.37. The maximum atomic E-state index is 14.3. The molecule has 0 aromatic carbocycles. The van der Waals surface area contributed by atoms with Crippen molar-refractivity contribution in [3.8, 4) is 0 Å². The number of hydrogen-bond donors (Lipinski definition) is 0. The summed E-state index contributed by atoms with van der Waals surface area (Å²) in [7, 11) is -12.5. The van der Waals surface area contributed by atoms with Crippen LogP contribution in [0.1, 0.15) is 13.8 Å². The fraction of sp³-hybridized carbons (Fsp3) is 1.00. The van der Waals surface area contributed by atoms with Crippen molar-refractivity contribution in [2.75, 3.05) is 0 Å². The molecule has 2 rings (SSSR count). The highest BCUT2D eigenvalue weighted by atomic mass is 32.2. The largest absolute Gasteiger partial charge is 0.394 e. The van der Waals surface area contributed by atoms with E-state index in [2.05, 4.69) is 8.37 Å². The molecule has 0 saturated carbocycles. The summed E-state index contributed by atoms with van der Waals surface area (Å²) in [6.07, 6.45) is -5.73. The van der Waals surface area contributed by atoms with E-state index in [-0.39, 0.29) is 13.8 Å². The lowest BCUT2D eigenvalue weighted by atomic mass is 9.75. The van der Waals surface area contributed by atoms with Gasteiger partial charge in [0.1, 0.15) is 0 Å². The van der Waals surface area contributed by atoms with E-state index in [1.54, 1.807) is 0 Å². The van der Waals surface area contributed by atoms with E-state index >= 15 is 0 Å². The van der Waals surface area contributed by atoms with E-state index < -0.39 is 47.9 Å². The lowest BCUT2D eigenvalue weighted by Gasteiger charge is -2.39. The van der Waals surface area contributed by atoms with Crippen LogP contribution in [0.5, 0.6) is 0 Å². The van der Waals surface area contributed by atoms with Crippen LogP contribution in [0.4, 0.5) is 26.3 Å². The first kappa shape index (κ1) is 16.8. The smallest absolute Gasteiger partial charge is 0.224 e. The third-order valence-corrected chi connectivity index (χ3v) is 6.62. The molecule has 2 fully saturated rings. The molecule has 124 valence electrons. The summed E-state index contributed by atoms with van der Waals surface area (Å²) in [5, 5.41) is -10.7. The molecular weight excluding hydrogens is 358 g/mol. The average Bonchev–Trinajstić information content (AvgIpc) is 2.28. The summed E-state index contributed by atoms with van der Waals surface area (Å²) in [4.78, 5) is 0. The molecular formula is C7H6F6O6S2. The first-order valence-corrected chi connectivity index (χ1v) is 7.77. The predicted molar refractivity (Wildman–Crippen MR) is 51.4 cm³/mol. The number of hydrogen-bond acceptors (Lipinski definition) is 6. The van der Waals surface area contributed by atoms with E-state index in [0.29, 0.717) is 0 Å². The second kappa shape index (κ2) is 3.49. The minimum absolute atomic E-state index is 0.249. The molecule has 2 aliphatic rings. The van der Waals surface area contributed by atoms with Gasteiger partial charge in [-0.15, -0.1) is 0 Å². The van der Waals surface area contributed by atoms with Gasteiger partial charge >= 0.3 is 31.6 Å². The molecule has 0 amide bonds. The van der Waals surface area contributed by atoms with Crippen LogP contribution in [-0.2, 0) is 28.6 Å². The fourth-order valence-corrected chi connectivity index (χ4v) is 5.52. The molecule has 2 heterocycles. The van der Waals surface area contributed by atoms with E-state index in [1.165, 1.54) is 0 Å². The molecule has 0 aliphatic carbocycles. The molecule has 1 spiro atoms. The van der Waals surface area contributed by atoms with Crippen LogP contribution < -0.4 is 0 Å². The highest BCUT2D eigenvalue weighted by Crippen LogP contribution is 2.74. The first-order valence-electron chi connectivity index (χ1n) is 4.95. The zero-order valence-corrected chi connectivity index (χ0v) is 11.7. The lowest BCUT2D eigenvalue weighted by Crippen LogP contribution is -2.66. The summed E-state index contributed by atoms with van der Waals surface area (Å²) in [5.41, 5.74) is -5.28. The van der Waals surface area contributed by atoms with Gasteiger partial charge in [-0.3, -0.25) is 0 Å². The molecule has 2 saturated heterocycles. The van der Waals surface area contributed by atoms with Crippen LogP contribution in [0, 0.1) is 5.41 Å². The van der Waals surface area contributed by atoms with Crippen molar-refractivity contribution in [1.29, 1.82) is 0 Å². The SMILES string of the molecule is CC1(F)OS(=O)(=O)C(F)(F)C12C(F)(F)OS(=O)(=O)C2(C)F. The summed E-state index contributed by atoms with van der Waals surface area (Å²) < 4.78 is 135. The monoisotopic (exact) mass is 364 g/mol. The van der Waals surface area contributed by atoms with Crippen molar-refractivity contribution in [1.82, 2.24) is 0 Å². The van der Waals surface area contributed by atoms with Crippen LogP contribution in [-0.4, -0.2) is 39.1 Å². The standard InChI is InChI=1S/C7H6F6O6S2/c1-3(8)5(7(12,13)21(16,17)18-3)4(2,9)20(14,15)19-6(5,10)11/h1-2H3. The molecule has 0 aromatic rings. The normalized spacial score (nSPS) is 49.5. The van der Waals surface area contributed by atoms with Gasteiger partial charge in [-0.2, -0.15) is 38.6 Å². The second-order valence-electron chi connectivity index (χ2n) is 4.69. The van der Waals surface area contributed by atoms with Crippen molar-refractivity contribution in [2.45, 2.75) is 36.1 Å². The Kier molecular flexibility index (Phi) is 2.78. The molecule has 3 atom stereocenters. The van der Waals surface area contributed by atoms with Crippen LogP contribution in [0.2, 0.25) is 0 Å². The molecule has 14 heteroatoms. The Morgan fingerprint density at radius 3 is 1.43 bits per heavy atom. The summed E-state index contributed by atoms with van der Waals surface area (Å²) in [6.45, 7) is -0.597. The zero-order valence-electron chi connectivity index (χ0n) is 10.0. The predicted octanol–water partition coefficient (Wildman–Crippen LogP) is 1.25. The molecule has 2 aliphatic heterocycles. The molecule has 21 heavy (non-hydrogen) atoms. The van der Waals surface area contributed by atoms with Gasteiger partial charge in [0, 0.05) is 0 Å². The van der Waals surface area contributed by atoms with Crippen molar-refractivity contribution >= 4 is 20.2 Å². The van der Waals surface area contributed by atoms with E-state index in [1.807, 2.05) is 0 Å². The van der Waals surface area contributed by atoms with Gasteiger partial charge in [0.15, 0.2) is 0 Å². The van der Waals surface area contributed by atoms with Crippen LogP contribution in [0.3, 0.4) is 0 Å². The molecule has 6 nitrogen and oxygen atoms in total. The Balaban J connectivity index is 3.06. The average molecular weight is 364 g/mol. The topological polar surface area (TPSA) is 86.7 Å².